The number of esters is 2. The van der Waals surface area contributed by atoms with Crippen LogP contribution in [0.2, 0.25) is 0 Å². The van der Waals surface area contributed by atoms with Gasteiger partial charge in [0.05, 0.1) is 12.1 Å². The molecular formula is C28H42N2O6S. The van der Waals surface area contributed by atoms with Gasteiger partial charge in [0.2, 0.25) is 0 Å². The second-order valence-corrected chi connectivity index (χ2v) is 10.3. The highest BCUT2D eigenvalue weighted by atomic mass is 32.2. The molecule has 8 nitrogen and oxygen atoms in total. The average Bonchev–Trinajstić information content (AvgIpc) is 3.46. The molecule has 0 bridgehead atoms. The Bertz CT molecular complexity index is 958. The van der Waals surface area contributed by atoms with Gasteiger partial charge < -0.3 is 14.5 Å². The highest BCUT2D eigenvalue weighted by molar-refractivity contribution is 7.88. The molecule has 0 unspecified atom stereocenters. The van der Waals surface area contributed by atoms with E-state index < -0.39 is 22.1 Å². The second kappa shape index (κ2) is 19.2. The largest absolute Gasteiger partial charge is 0.387 e. The number of nitrogens with zero attached hydrogens (tertiary/aromatic N) is 2. The normalized spacial score (nSPS) is 14.5. The van der Waals surface area contributed by atoms with Crippen molar-refractivity contribution < 1.29 is 27.3 Å². The number of cyclic esters (lactones) is 2. The van der Waals surface area contributed by atoms with Crippen LogP contribution >= 0.6 is 0 Å². The molecule has 2 aliphatic heterocycles. The van der Waals surface area contributed by atoms with Crippen LogP contribution in [0, 0.1) is 0 Å². The molecule has 37 heavy (non-hydrogen) atoms. The predicted octanol–water partition coefficient (Wildman–Crippen LogP) is 5.75. The maximum Gasteiger partial charge on any atom is 0.338 e. The van der Waals surface area contributed by atoms with Crippen LogP contribution < -0.4 is 0 Å². The zero-order valence-corrected chi connectivity index (χ0v) is 22.9. The van der Waals surface area contributed by atoms with Gasteiger partial charge in [-0.25, -0.2) is 9.59 Å². The van der Waals surface area contributed by atoms with Gasteiger partial charge >= 0.3 is 11.9 Å². The summed E-state index contributed by atoms with van der Waals surface area (Å²) >= 11 is 0. The van der Waals surface area contributed by atoms with Crippen molar-refractivity contribution >= 4 is 28.1 Å². The molecule has 1 aromatic carbocycles. The fourth-order valence-electron chi connectivity index (χ4n) is 3.57. The summed E-state index contributed by atoms with van der Waals surface area (Å²) in [5.74, 6) is -1.16. The van der Waals surface area contributed by atoms with E-state index in [0.29, 0.717) is 0 Å². The highest BCUT2D eigenvalue weighted by Gasteiger charge is 2.10. The van der Waals surface area contributed by atoms with Crippen molar-refractivity contribution in [1.29, 1.82) is 0 Å². The Kier molecular flexibility index (Phi) is 16.7. The number of unbranched alkanes of at least 4 members (excludes halogenated alkanes) is 9. The van der Waals surface area contributed by atoms with Crippen molar-refractivity contribution in [3.8, 4) is 0 Å². The average molecular weight is 535 g/mol. The van der Waals surface area contributed by atoms with E-state index in [1.165, 1.54) is 76.8 Å². The zero-order valence-electron chi connectivity index (χ0n) is 22.1. The van der Waals surface area contributed by atoms with E-state index in [1.54, 1.807) is 24.3 Å². The first-order valence-electron chi connectivity index (χ1n) is 13.0. The highest BCUT2D eigenvalue weighted by Crippen LogP contribution is 2.12. The molecule has 0 fully saturated rings. The van der Waals surface area contributed by atoms with Crippen molar-refractivity contribution in [1.82, 2.24) is 9.80 Å². The summed E-state index contributed by atoms with van der Waals surface area (Å²) in [6, 6.07) is 8.86. The molecule has 2 heterocycles. The molecule has 3 rings (SSSR count). The number of ether oxygens (including phenoxy) is 1. The Balaban J connectivity index is 0.000000307. The number of hydrogen-bond donors (Lipinski definition) is 1. The van der Waals surface area contributed by atoms with Crippen LogP contribution in [0.5, 0.6) is 0 Å². The van der Waals surface area contributed by atoms with Crippen LogP contribution in [-0.2, 0) is 24.4 Å². The Morgan fingerprint density at radius 2 is 1.41 bits per heavy atom. The Morgan fingerprint density at radius 3 is 1.84 bits per heavy atom. The molecule has 0 spiro atoms. The van der Waals surface area contributed by atoms with Crippen molar-refractivity contribution in [3.05, 3.63) is 65.9 Å². The topological polar surface area (TPSA) is 104 Å². The van der Waals surface area contributed by atoms with E-state index in [1.807, 2.05) is 6.07 Å². The lowest BCUT2D eigenvalue weighted by Crippen LogP contribution is -2.23. The standard InChI is InChI=1S/C16H32N2.C8H8O3S.C4H2O3/c1-3-4-5-6-7-8-9-10-11-12-13-18-15-14-17(2)16-18;9-12(10,11)7-6-8-4-2-1-3-5-8;5-3-1-2-4(6)7-3/h14-15H,3-13,16H2,1-2H3;1-7H,(H,9,10,11);1-2H. The Morgan fingerprint density at radius 1 is 0.865 bits per heavy atom. The van der Waals surface area contributed by atoms with Crippen LogP contribution in [0.3, 0.4) is 0 Å². The number of carbonyl (C=O) groups is 2. The van der Waals surface area contributed by atoms with E-state index in [9.17, 15) is 18.0 Å². The quantitative estimate of drug-likeness (QED) is 0.148. The molecule has 1 N–H and O–H groups in total. The molecule has 0 amide bonds. The summed E-state index contributed by atoms with van der Waals surface area (Å²) in [5.41, 5.74) is 0.732. The first-order valence-corrected chi connectivity index (χ1v) is 14.5. The van der Waals surface area contributed by atoms with E-state index in [-0.39, 0.29) is 0 Å². The molecule has 0 aromatic heterocycles. The van der Waals surface area contributed by atoms with E-state index in [4.69, 9.17) is 4.55 Å². The van der Waals surface area contributed by atoms with Crippen LogP contribution in [0.15, 0.2) is 60.3 Å². The smallest absolute Gasteiger partial charge is 0.338 e. The third-order valence-corrected chi connectivity index (χ3v) is 6.00. The zero-order chi connectivity index (χ0) is 27.4. The SMILES string of the molecule is CCCCCCCCCCCCN1C=CN(C)C1.O=C1C=CC(=O)O1.O=S(=O)(O)C=Cc1ccccc1. The summed E-state index contributed by atoms with van der Waals surface area (Å²) in [4.78, 5) is 24.5. The van der Waals surface area contributed by atoms with E-state index in [0.717, 1.165) is 29.8 Å². The number of carbonyl (C=O) groups excluding carboxylic acids is 2. The first kappa shape index (κ1) is 32.1. The maximum absolute atomic E-state index is 10.3. The van der Waals surface area contributed by atoms with Gasteiger partial charge in [0, 0.05) is 38.1 Å². The third kappa shape index (κ3) is 18.9. The lowest BCUT2D eigenvalue weighted by Gasteiger charge is -2.17. The number of rotatable bonds is 13. The Hall–Kier alpha value is -2.91. The third-order valence-electron chi connectivity index (χ3n) is 5.52. The van der Waals surface area contributed by atoms with Gasteiger partial charge in [0.25, 0.3) is 10.1 Å². The lowest BCUT2D eigenvalue weighted by atomic mass is 10.1. The van der Waals surface area contributed by atoms with Crippen LogP contribution in [-0.4, -0.2) is 55.0 Å². The molecule has 0 saturated carbocycles. The minimum absolute atomic E-state index is 0.579. The molecule has 0 radical (unpaired) electrons. The van der Waals surface area contributed by atoms with Gasteiger partial charge in [0.15, 0.2) is 0 Å². The number of hydrogen-bond acceptors (Lipinski definition) is 7. The van der Waals surface area contributed by atoms with Crippen LogP contribution in [0.1, 0.15) is 76.7 Å². The molecule has 2 aliphatic rings. The van der Waals surface area contributed by atoms with E-state index in [2.05, 4.69) is 40.9 Å². The first-order chi connectivity index (χ1) is 17.7. The molecule has 0 atom stereocenters. The summed E-state index contributed by atoms with van der Waals surface area (Å²) in [5, 5.41) is 0.752. The fraction of sp³-hybridized carbons (Fsp3) is 0.500. The summed E-state index contributed by atoms with van der Waals surface area (Å²) in [6.45, 7) is 4.60. The molecule has 1 aromatic rings. The molecule has 0 saturated heterocycles. The van der Waals surface area contributed by atoms with Gasteiger partial charge in [-0.15, -0.1) is 0 Å². The Labute approximate surface area is 222 Å². The van der Waals surface area contributed by atoms with Crippen molar-refractivity contribution in [2.75, 3.05) is 20.3 Å². The second-order valence-electron chi connectivity index (χ2n) is 8.99. The fourth-order valence-corrected chi connectivity index (χ4v) is 3.90. The molecular weight excluding hydrogens is 492 g/mol. The number of benzene rings is 1. The van der Waals surface area contributed by atoms with Gasteiger partial charge in [-0.1, -0.05) is 95.0 Å². The van der Waals surface area contributed by atoms with Crippen LogP contribution in [0.4, 0.5) is 0 Å². The minimum Gasteiger partial charge on any atom is -0.387 e. The summed E-state index contributed by atoms with van der Waals surface area (Å²) < 4.78 is 32.9. The lowest BCUT2D eigenvalue weighted by molar-refractivity contribution is -0.150. The monoisotopic (exact) mass is 534 g/mol. The predicted molar refractivity (Wildman–Crippen MR) is 148 cm³/mol. The van der Waals surface area contributed by atoms with Crippen molar-refractivity contribution in [2.45, 2.75) is 71.1 Å². The van der Waals surface area contributed by atoms with Crippen LogP contribution in [0.25, 0.3) is 6.08 Å². The van der Waals surface area contributed by atoms with Gasteiger partial charge in [0.1, 0.15) is 0 Å². The maximum atomic E-state index is 10.3. The molecule has 9 heteroatoms. The summed E-state index contributed by atoms with van der Waals surface area (Å²) in [6.07, 6.45) is 22.1. The van der Waals surface area contributed by atoms with Gasteiger partial charge in [-0.3, -0.25) is 4.55 Å². The van der Waals surface area contributed by atoms with Gasteiger partial charge in [-0.05, 0) is 18.1 Å². The van der Waals surface area contributed by atoms with Crippen molar-refractivity contribution in [2.24, 2.45) is 0 Å². The van der Waals surface area contributed by atoms with Crippen molar-refractivity contribution in [3.63, 3.8) is 0 Å². The van der Waals surface area contributed by atoms with E-state index >= 15 is 0 Å². The van der Waals surface area contributed by atoms with Gasteiger partial charge in [-0.2, -0.15) is 8.42 Å². The minimum atomic E-state index is -4.00. The molecule has 206 valence electrons. The summed E-state index contributed by atoms with van der Waals surface area (Å²) in [7, 11) is -1.87. The molecule has 0 aliphatic carbocycles.